The number of allylic oxidation sites excluding steroid dienone is 2. The normalized spacial score (nSPS) is 47.3. The first-order chi connectivity index (χ1) is 12.4. The second-order valence-electron chi connectivity index (χ2n) is 10.7. The van der Waals surface area contributed by atoms with Crippen molar-refractivity contribution < 1.29 is 5.11 Å². The Balaban J connectivity index is 1.54. The number of aliphatic hydroxyl groups excluding tert-OH is 1. The van der Waals surface area contributed by atoms with Gasteiger partial charge in [0.25, 0.3) is 0 Å². The van der Waals surface area contributed by atoms with Crippen LogP contribution in [0.15, 0.2) is 11.6 Å². The van der Waals surface area contributed by atoms with E-state index >= 15 is 0 Å². The van der Waals surface area contributed by atoms with Crippen LogP contribution in [0.5, 0.6) is 0 Å². The molecule has 8 atom stereocenters. The van der Waals surface area contributed by atoms with Gasteiger partial charge in [0, 0.05) is 0 Å². The van der Waals surface area contributed by atoms with Crippen LogP contribution < -0.4 is 0 Å². The SMILES string of the molecule is C[C@H](CCC(O)Br)[C@H]1CC[C@H]2[C@@H]3CC=C4CCCC[C@]4(C)[C@H]3CC[C@]12C. The summed E-state index contributed by atoms with van der Waals surface area (Å²) in [6.45, 7) is 7.74. The van der Waals surface area contributed by atoms with Gasteiger partial charge in [-0.3, -0.25) is 0 Å². The monoisotopic (exact) mass is 422 g/mol. The first kappa shape index (κ1) is 19.5. The van der Waals surface area contributed by atoms with Crippen molar-refractivity contribution in [2.45, 2.75) is 96.4 Å². The van der Waals surface area contributed by atoms with Crippen molar-refractivity contribution in [1.29, 1.82) is 0 Å². The number of rotatable bonds is 4. The predicted octanol–water partition coefficient (Wildman–Crippen LogP) is 7.09. The van der Waals surface area contributed by atoms with E-state index in [4.69, 9.17) is 0 Å². The van der Waals surface area contributed by atoms with Gasteiger partial charge in [-0.2, -0.15) is 0 Å². The van der Waals surface area contributed by atoms with Crippen LogP contribution in [0.25, 0.3) is 0 Å². The summed E-state index contributed by atoms with van der Waals surface area (Å²) in [5.41, 5.74) is 2.92. The van der Waals surface area contributed by atoms with Gasteiger partial charge >= 0.3 is 0 Å². The lowest BCUT2D eigenvalue weighted by atomic mass is 9.47. The van der Waals surface area contributed by atoms with E-state index in [-0.39, 0.29) is 5.01 Å². The molecule has 1 N–H and O–H groups in total. The highest BCUT2D eigenvalue weighted by Crippen LogP contribution is 2.67. The first-order valence-corrected chi connectivity index (χ1v) is 12.3. The van der Waals surface area contributed by atoms with Crippen LogP contribution in [0.4, 0.5) is 0 Å². The Labute approximate surface area is 169 Å². The Morgan fingerprint density at radius 2 is 1.92 bits per heavy atom. The Morgan fingerprint density at radius 3 is 2.69 bits per heavy atom. The van der Waals surface area contributed by atoms with Crippen LogP contribution in [0, 0.1) is 40.4 Å². The highest BCUT2D eigenvalue weighted by Gasteiger charge is 2.58. The fourth-order valence-electron chi connectivity index (χ4n) is 8.28. The molecule has 4 aliphatic carbocycles. The molecule has 0 radical (unpaired) electrons. The summed E-state index contributed by atoms with van der Waals surface area (Å²) in [5, 5.41) is 9.32. The van der Waals surface area contributed by atoms with E-state index < -0.39 is 0 Å². The van der Waals surface area contributed by atoms with Crippen molar-refractivity contribution in [2.75, 3.05) is 0 Å². The molecule has 0 saturated heterocycles. The summed E-state index contributed by atoms with van der Waals surface area (Å²) in [6.07, 6.45) is 17.7. The molecule has 3 saturated carbocycles. The van der Waals surface area contributed by atoms with E-state index in [0.717, 1.165) is 42.4 Å². The van der Waals surface area contributed by atoms with Crippen molar-refractivity contribution in [3.63, 3.8) is 0 Å². The van der Waals surface area contributed by atoms with Gasteiger partial charge in [-0.25, -0.2) is 0 Å². The summed E-state index contributed by atoms with van der Waals surface area (Å²) in [7, 11) is 0. The lowest BCUT2D eigenvalue weighted by molar-refractivity contribution is -0.0502. The average molecular weight is 423 g/mol. The molecular weight excluding hydrogens is 384 g/mol. The van der Waals surface area contributed by atoms with Crippen LogP contribution in [-0.2, 0) is 0 Å². The number of hydrogen-bond donors (Lipinski definition) is 1. The minimum atomic E-state index is -0.321. The largest absolute Gasteiger partial charge is 0.382 e. The fourth-order valence-corrected chi connectivity index (χ4v) is 8.54. The predicted molar refractivity (Wildman–Crippen MR) is 113 cm³/mol. The topological polar surface area (TPSA) is 20.2 Å². The number of aliphatic hydroxyl groups is 1. The lowest BCUT2D eigenvalue weighted by Gasteiger charge is -2.58. The molecular formula is C24H39BrO. The van der Waals surface area contributed by atoms with Gasteiger partial charge in [0.05, 0.1) is 0 Å². The average Bonchev–Trinajstić information content (AvgIpc) is 2.96. The number of alkyl halides is 1. The third-order valence-corrected chi connectivity index (χ3v) is 10.1. The van der Waals surface area contributed by atoms with E-state index in [1.54, 1.807) is 0 Å². The molecule has 4 aliphatic rings. The maximum Gasteiger partial charge on any atom is 0.109 e. The number of hydrogen-bond acceptors (Lipinski definition) is 1. The molecule has 1 unspecified atom stereocenters. The van der Waals surface area contributed by atoms with Crippen LogP contribution in [0.2, 0.25) is 0 Å². The van der Waals surface area contributed by atoms with Crippen LogP contribution in [0.1, 0.15) is 91.4 Å². The molecule has 0 aromatic rings. The van der Waals surface area contributed by atoms with E-state index in [1.807, 2.05) is 5.57 Å². The van der Waals surface area contributed by atoms with Crippen molar-refractivity contribution in [3.05, 3.63) is 11.6 Å². The van der Waals surface area contributed by atoms with Gasteiger partial charge in [-0.15, -0.1) is 0 Å². The van der Waals surface area contributed by atoms with Crippen molar-refractivity contribution in [2.24, 2.45) is 40.4 Å². The molecule has 0 aliphatic heterocycles. The number of fused-ring (bicyclic) bond motifs is 5. The molecule has 2 heteroatoms. The molecule has 4 rings (SSSR count). The van der Waals surface area contributed by atoms with Gasteiger partial charge in [-0.1, -0.05) is 54.8 Å². The van der Waals surface area contributed by atoms with E-state index in [0.29, 0.717) is 10.8 Å². The summed E-state index contributed by atoms with van der Waals surface area (Å²) in [6, 6.07) is 0. The molecule has 0 aromatic carbocycles. The molecule has 26 heavy (non-hydrogen) atoms. The van der Waals surface area contributed by atoms with Gasteiger partial charge in [0.15, 0.2) is 0 Å². The molecule has 0 amide bonds. The van der Waals surface area contributed by atoms with Gasteiger partial charge in [0.2, 0.25) is 0 Å². The Bertz CT molecular complexity index is 554. The first-order valence-electron chi connectivity index (χ1n) is 11.4. The molecule has 0 spiro atoms. The molecule has 0 heterocycles. The number of halogens is 1. The Kier molecular flexibility index (Phi) is 5.41. The molecule has 0 bridgehead atoms. The highest BCUT2D eigenvalue weighted by molar-refractivity contribution is 9.09. The van der Waals surface area contributed by atoms with Crippen molar-refractivity contribution >= 4 is 15.9 Å². The quantitative estimate of drug-likeness (QED) is 0.378. The minimum Gasteiger partial charge on any atom is -0.382 e. The third-order valence-electron chi connectivity index (χ3n) is 9.64. The van der Waals surface area contributed by atoms with E-state index in [1.165, 1.54) is 57.8 Å². The molecule has 148 valence electrons. The second kappa shape index (κ2) is 7.21. The zero-order valence-electron chi connectivity index (χ0n) is 17.1. The van der Waals surface area contributed by atoms with E-state index in [9.17, 15) is 5.11 Å². The van der Waals surface area contributed by atoms with Crippen LogP contribution in [-0.4, -0.2) is 10.1 Å². The van der Waals surface area contributed by atoms with Gasteiger partial charge < -0.3 is 5.11 Å². The molecule has 1 nitrogen and oxygen atoms in total. The maximum absolute atomic E-state index is 9.64. The molecule has 0 aromatic heterocycles. The van der Waals surface area contributed by atoms with Gasteiger partial charge in [0.1, 0.15) is 5.01 Å². The maximum atomic E-state index is 9.64. The third kappa shape index (κ3) is 3.06. The fraction of sp³-hybridized carbons (Fsp3) is 0.917. The van der Waals surface area contributed by atoms with Crippen LogP contribution in [0.3, 0.4) is 0 Å². The summed E-state index contributed by atoms with van der Waals surface area (Å²) in [5.74, 6) is 4.45. The van der Waals surface area contributed by atoms with E-state index in [2.05, 4.69) is 42.8 Å². The summed E-state index contributed by atoms with van der Waals surface area (Å²) in [4.78, 5) is 0. The Hall–Kier alpha value is 0.180. The van der Waals surface area contributed by atoms with Gasteiger partial charge in [-0.05, 0) is 105 Å². The van der Waals surface area contributed by atoms with Crippen molar-refractivity contribution in [1.82, 2.24) is 0 Å². The Morgan fingerprint density at radius 1 is 1.12 bits per heavy atom. The zero-order valence-corrected chi connectivity index (χ0v) is 18.7. The lowest BCUT2D eigenvalue weighted by Crippen LogP contribution is -2.50. The smallest absolute Gasteiger partial charge is 0.109 e. The van der Waals surface area contributed by atoms with Crippen molar-refractivity contribution in [3.8, 4) is 0 Å². The summed E-state index contributed by atoms with van der Waals surface area (Å²) < 4.78 is 0. The molecule has 3 fully saturated rings. The zero-order chi connectivity index (χ0) is 18.5. The standard InChI is InChI=1S/C24H39BrO/c1-16(7-12-22(25)26)19-10-11-20-18-9-8-17-6-4-5-14-23(17,2)21(18)13-15-24(19,20)3/h8,16,18-22,26H,4-7,9-15H2,1-3H3/t16-,18+,19-,20+,21+,22?,23+,24-/m1/s1. The van der Waals surface area contributed by atoms with Crippen LogP contribution >= 0.6 is 15.9 Å². The highest BCUT2D eigenvalue weighted by atomic mass is 79.9. The minimum absolute atomic E-state index is 0.321. The summed E-state index contributed by atoms with van der Waals surface area (Å²) >= 11 is 3.33. The second-order valence-corrected chi connectivity index (χ2v) is 11.7.